The van der Waals surface area contributed by atoms with Gasteiger partial charge in [-0.1, -0.05) is 206 Å². The summed E-state index contributed by atoms with van der Waals surface area (Å²) in [6, 6.07) is 0. The largest absolute Gasteiger partial charge is 0.756 e. The van der Waals surface area contributed by atoms with E-state index in [-0.39, 0.29) is 25.8 Å². The average Bonchev–Trinajstić information content (AvgIpc) is 3.15. The molecule has 0 radical (unpaired) electrons. The van der Waals surface area contributed by atoms with Crippen LogP contribution in [0.4, 0.5) is 0 Å². The number of carbonyl (C=O) groups excluding carboxylic acids is 1. The summed E-state index contributed by atoms with van der Waals surface area (Å²) in [6.07, 6.45) is 46.0. The maximum absolute atomic E-state index is 12.7. The van der Waals surface area contributed by atoms with Crippen molar-refractivity contribution in [3.8, 4) is 0 Å². The Morgan fingerprint density at radius 2 is 0.929 bits per heavy atom. The van der Waals surface area contributed by atoms with Gasteiger partial charge in [0.05, 0.1) is 34.0 Å². The third kappa shape index (κ3) is 44.2. The van der Waals surface area contributed by atoms with E-state index in [2.05, 4.69) is 13.8 Å². The summed E-state index contributed by atoms with van der Waals surface area (Å²) in [6.45, 7) is 4.78. The number of unbranched alkanes of at least 4 members (excludes halogenated alkanes) is 31. The van der Waals surface area contributed by atoms with Crippen LogP contribution in [0.15, 0.2) is 12.3 Å². The minimum absolute atomic E-state index is 0.0204. The first-order valence-corrected chi connectivity index (χ1v) is 25.4. The molecule has 0 fully saturated rings. The molecular weight excluding hydrogens is 721 g/mol. The fourth-order valence-corrected chi connectivity index (χ4v) is 7.65. The quantitative estimate of drug-likeness (QED) is 0.0199. The first-order valence-electron chi connectivity index (χ1n) is 24.0. The van der Waals surface area contributed by atoms with Crippen LogP contribution in [-0.4, -0.2) is 64.1 Å². The highest BCUT2D eigenvalue weighted by atomic mass is 31.2. The molecule has 0 saturated carbocycles. The number of esters is 1. The van der Waals surface area contributed by atoms with Gasteiger partial charge >= 0.3 is 5.97 Å². The van der Waals surface area contributed by atoms with Gasteiger partial charge in [0, 0.05) is 6.42 Å². The van der Waals surface area contributed by atoms with Crippen molar-refractivity contribution in [1.29, 1.82) is 0 Å². The first kappa shape index (κ1) is 55.1. The second-order valence-corrected chi connectivity index (χ2v) is 19.0. The molecule has 0 aromatic carbocycles. The molecule has 0 saturated heterocycles. The van der Waals surface area contributed by atoms with Gasteiger partial charge in [-0.25, -0.2) is 0 Å². The Kier molecular flexibility index (Phi) is 40.2. The molecule has 334 valence electrons. The Balaban J connectivity index is 4.19. The zero-order valence-electron chi connectivity index (χ0n) is 37.9. The molecule has 0 N–H and O–H groups in total. The Hall–Kier alpha value is -0.920. The highest BCUT2D eigenvalue weighted by Gasteiger charge is 2.20. The van der Waals surface area contributed by atoms with E-state index in [1.54, 1.807) is 6.26 Å². The van der Waals surface area contributed by atoms with Gasteiger partial charge in [0.25, 0.3) is 7.82 Å². The number of phosphoric ester groups is 1. The molecule has 56 heavy (non-hydrogen) atoms. The molecule has 0 rings (SSSR count). The molecule has 0 aliphatic heterocycles. The van der Waals surface area contributed by atoms with Crippen molar-refractivity contribution in [3.63, 3.8) is 0 Å². The number of nitrogens with zero attached hydrogens (tertiary/aromatic N) is 1. The molecule has 9 heteroatoms. The molecule has 0 heterocycles. The van der Waals surface area contributed by atoms with E-state index in [1.807, 2.05) is 27.2 Å². The van der Waals surface area contributed by atoms with E-state index in [9.17, 15) is 14.3 Å². The van der Waals surface area contributed by atoms with Crippen LogP contribution < -0.4 is 4.89 Å². The lowest BCUT2D eigenvalue weighted by molar-refractivity contribution is -0.870. The number of rotatable bonds is 45. The van der Waals surface area contributed by atoms with Crippen LogP contribution in [0.5, 0.6) is 0 Å². The van der Waals surface area contributed by atoms with E-state index < -0.39 is 13.9 Å². The zero-order valence-corrected chi connectivity index (χ0v) is 38.7. The molecule has 2 atom stereocenters. The summed E-state index contributed by atoms with van der Waals surface area (Å²) in [5, 5.41) is 0. The van der Waals surface area contributed by atoms with Gasteiger partial charge in [0.2, 0.25) is 0 Å². The van der Waals surface area contributed by atoms with Crippen LogP contribution in [-0.2, 0) is 27.9 Å². The fourth-order valence-electron chi connectivity index (χ4n) is 6.93. The highest BCUT2D eigenvalue weighted by molar-refractivity contribution is 7.45. The summed E-state index contributed by atoms with van der Waals surface area (Å²) in [7, 11) is 1.34. The minimum atomic E-state index is -4.54. The summed E-state index contributed by atoms with van der Waals surface area (Å²) in [5.41, 5.74) is 0. The second-order valence-electron chi connectivity index (χ2n) is 17.6. The minimum Gasteiger partial charge on any atom is -0.756 e. The predicted molar refractivity (Wildman–Crippen MR) is 236 cm³/mol. The number of allylic oxidation sites excluding steroid dienone is 1. The van der Waals surface area contributed by atoms with E-state index in [0.29, 0.717) is 17.4 Å². The van der Waals surface area contributed by atoms with Gasteiger partial charge < -0.3 is 27.9 Å². The average molecular weight is 816 g/mol. The summed E-state index contributed by atoms with van der Waals surface area (Å²) in [5.74, 6) is -0.351. The summed E-state index contributed by atoms with van der Waals surface area (Å²) in [4.78, 5) is 25.1. The number of carbonyl (C=O) groups is 1. The molecule has 0 spiro atoms. The first-order chi connectivity index (χ1) is 27.1. The van der Waals surface area contributed by atoms with Crippen LogP contribution in [0.2, 0.25) is 0 Å². The number of phosphoric acid groups is 1. The van der Waals surface area contributed by atoms with Crippen LogP contribution in [0, 0.1) is 0 Å². The molecule has 0 aliphatic carbocycles. The molecular formula is C47H94NO7P. The topological polar surface area (TPSA) is 94.1 Å². The molecule has 0 amide bonds. The predicted octanol–water partition coefficient (Wildman–Crippen LogP) is 13.9. The monoisotopic (exact) mass is 816 g/mol. The van der Waals surface area contributed by atoms with Gasteiger partial charge in [0.1, 0.15) is 19.8 Å². The van der Waals surface area contributed by atoms with Crippen molar-refractivity contribution in [2.24, 2.45) is 0 Å². The standard InChI is InChI=1S/C47H94NO7P/c1-6-8-10-12-14-16-18-20-22-24-25-27-29-31-33-35-37-39-42-52-44-46(45-54-56(50,51)53-43-41-48(3,4)5)55-47(49)40-38-36-34-32-30-28-26-23-21-19-17-15-13-11-9-7-2/h39,42,46H,6-38,40-41,43-45H2,1-5H3/b42-39+. The fraction of sp³-hybridized carbons (Fsp3) is 0.936. The van der Waals surface area contributed by atoms with Gasteiger partial charge in [-0.05, 0) is 25.3 Å². The van der Waals surface area contributed by atoms with Gasteiger partial charge in [-0.3, -0.25) is 9.36 Å². The summed E-state index contributed by atoms with van der Waals surface area (Å²) < 4.78 is 34.4. The lowest BCUT2D eigenvalue weighted by atomic mass is 10.0. The SMILES string of the molecule is CCCCCCCCCCCCCCCCCC/C=C/OCC(COP(=O)([O-])OCC[N+](C)(C)C)OC(=O)CCCCCCCCCCCCCCCCCC. The number of hydrogen-bond donors (Lipinski definition) is 0. The third-order valence-corrected chi connectivity index (χ3v) is 11.6. The Bertz CT molecular complexity index is 909. The number of hydrogen-bond acceptors (Lipinski definition) is 7. The molecule has 8 nitrogen and oxygen atoms in total. The van der Waals surface area contributed by atoms with E-state index >= 15 is 0 Å². The van der Waals surface area contributed by atoms with Crippen molar-refractivity contribution >= 4 is 13.8 Å². The second kappa shape index (κ2) is 40.8. The normalized spacial score (nSPS) is 13.7. The summed E-state index contributed by atoms with van der Waals surface area (Å²) >= 11 is 0. The van der Waals surface area contributed by atoms with Gasteiger partial charge in [-0.15, -0.1) is 0 Å². The highest BCUT2D eigenvalue weighted by Crippen LogP contribution is 2.38. The third-order valence-electron chi connectivity index (χ3n) is 10.7. The van der Waals surface area contributed by atoms with Crippen LogP contribution in [0.25, 0.3) is 0 Å². The zero-order chi connectivity index (χ0) is 41.3. The van der Waals surface area contributed by atoms with Crippen molar-refractivity contribution in [1.82, 2.24) is 0 Å². The lowest BCUT2D eigenvalue weighted by Crippen LogP contribution is -2.37. The number of likely N-dealkylation sites (N-methyl/N-ethyl adjacent to an activating group) is 1. The molecule has 0 bridgehead atoms. The van der Waals surface area contributed by atoms with Crippen molar-refractivity contribution < 1.29 is 37.3 Å². The molecule has 2 unspecified atom stereocenters. The van der Waals surface area contributed by atoms with Crippen LogP contribution in [0.3, 0.4) is 0 Å². The van der Waals surface area contributed by atoms with Crippen LogP contribution in [0.1, 0.15) is 232 Å². The van der Waals surface area contributed by atoms with E-state index in [1.165, 1.54) is 180 Å². The van der Waals surface area contributed by atoms with E-state index in [0.717, 1.165) is 32.1 Å². The molecule has 0 aromatic heterocycles. The maximum atomic E-state index is 12.7. The smallest absolute Gasteiger partial charge is 0.306 e. The van der Waals surface area contributed by atoms with Crippen molar-refractivity contribution in [3.05, 3.63) is 12.3 Å². The molecule has 0 aliphatic rings. The Morgan fingerprint density at radius 3 is 1.32 bits per heavy atom. The number of ether oxygens (including phenoxy) is 2. The van der Waals surface area contributed by atoms with Crippen molar-refractivity contribution in [2.75, 3.05) is 47.5 Å². The molecule has 0 aromatic rings. The van der Waals surface area contributed by atoms with E-state index in [4.69, 9.17) is 18.5 Å². The maximum Gasteiger partial charge on any atom is 0.306 e. The number of quaternary nitrogens is 1. The van der Waals surface area contributed by atoms with Crippen LogP contribution >= 0.6 is 7.82 Å². The van der Waals surface area contributed by atoms with Gasteiger partial charge in [-0.2, -0.15) is 0 Å². The Morgan fingerprint density at radius 1 is 0.554 bits per heavy atom. The lowest BCUT2D eigenvalue weighted by Gasteiger charge is -2.28. The Labute approximate surface area is 348 Å². The van der Waals surface area contributed by atoms with Crippen molar-refractivity contribution in [2.45, 2.75) is 238 Å². The van der Waals surface area contributed by atoms with Gasteiger partial charge in [0.15, 0.2) is 6.10 Å².